The molecule has 0 bridgehead atoms. The molecule has 0 radical (unpaired) electrons. The smallest absolute Gasteiger partial charge is 0.120 e. The van der Waals surface area contributed by atoms with Gasteiger partial charge in [0.1, 0.15) is 18.1 Å². The zero-order valence-corrected chi connectivity index (χ0v) is 12.9. The van der Waals surface area contributed by atoms with E-state index in [1.165, 1.54) is 0 Å². The van der Waals surface area contributed by atoms with E-state index in [0.29, 0.717) is 6.61 Å². The van der Waals surface area contributed by atoms with Gasteiger partial charge in [-0.2, -0.15) is 0 Å². The topological polar surface area (TPSA) is 49.4 Å². The zero-order valence-electron chi connectivity index (χ0n) is 12.9. The molecule has 4 nitrogen and oxygen atoms in total. The number of benzene rings is 2. The standard InChI is InChI=1S/C18H20N2O2/c1-3-20-11-13(16-5-4-6-17(19)18(16)20)12-22-15-9-7-14(21-2)8-10-15/h4-11H,3,12,19H2,1-2H3. The Hall–Kier alpha value is -2.62. The molecule has 4 heteroatoms. The second-order valence-electron chi connectivity index (χ2n) is 5.15. The van der Waals surface area contributed by atoms with Gasteiger partial charge >= 0.3 is 0 Å². The molecular formula is C18H20N2O2. The minimum atomic E-state index is 0.513. The molecule has 0 aliphatic carbocycles. The van der Waals surface area contributed by atoms with Gasteiger partial charge in [-0.1, -0.05) is 12.1 Å². The summed E-state index contributed by atoms with van der Waals surface area (Å²) >= 11 is 0. The lowest BCUT2D eigenvalue weighted by Crippen LogP contribution is -1.95. The molecular weight excluding hydrogens is 276 g/mol. The number of para-hydroxylation sites is 1. The van der Waals surface area contributed by atoms with Gasteiger partial charge in [-0.15, -0.1) is 0 Å². The number of nitrogen functional groups attached to an aromatic ring is 1. The van der Waals surface area contributed by atoms with E-state index in [-0.39, 0.29) is 0 Å². The van der Waals surface area contributed by atoms with Crippen LogP contribution in [-0.2, 0) is 13.2 Å². The van der Waals surface area contributed by atoms with Crippen molar-refractivity contribution in [2.75, 3.05) is 12.8 Å². The van der Waals surface area contributed by atoms with Gasteiger partial charge in [-0.05, 0) is 37.3 Å². The lowest BCUT2D eigenvalue weighted by atomic mass is 10.1. The van der Waals surface area contributed by atoms with Crippen molar-refractivity contribution in [2.45, 2.75) is 20.1 Å². The monoisotopic (exact) mass is 296 g/mol. The van der Waals surface area contributed by atoms with Crippen LogP contribution in [0.1, 0.15) is 12.5 Å². The van der Waals surface area contributed by atoms with E-state index < -0.39 is 0 Å². The van der Waals surface area contributed by atoms with E-state index in [0.717, 1.165) is 40.2 Å². The van der Waals surface area contributed by atoms with Crippen LogP contribution in [0.25, 0.3) is 10.9 Å². The van der Waals surface area contributed by atoms with Crippen LogP contribution in [-0.4, -0.2) is 11.7 Å². The number of anilines is 1. The van der Waals surface area contributed by atoms with E-state index in [9.17, 15) is 0 Å². The fraction of sp³-hybridized carbons (Fsp3) is 0.222. The van der Waals surface area contributed by atoms with Gasteiger partial charge in [0, 0.05) is 23.7 Å². The number of fused-ring (bicyclic) bond motifs is 1. The first-order valence-electron chi connectivity index (χ1n) is 7.36. The van der Waals surface area contributed by atoms with Crippen molar-refractivity contribution in [3.05, 3.63) is 54.2 Å². The molecule has 22 heavy (non-hydrogen) atoms. The number of hydrogen-bond donors (Lipinski definition) is 1. The lowest BCUT2D eigenvalue weighted by molar-refractivity contribution is 0.306. The summed E-state index contributed by atoms with van der Waals surface area (Å²) < 4.78 is 13.2. The fourth-order valence-electron chi connectivity index (χ4n) is 2.66. The summed E-state index contributed by atoms with van der Waals surface area (Å²) in [6.07, 6.45) is 2.12. The summed E-state index contributed by atoms with van der Waals surface area (Å²) in [6.45, 7) is 3.51. The Labute approximate surface area is 130 Å². The number of nitrogens with zero attached hydrogens (tertiary/aromatic N) is 1. The van der Waals surface area contributed by atoms with E-state index in [2.05, 4.69) is 23.8 Å². The number of ether oxygens (including phenoxy) is 2. The van der Waals surface area contributed by atoms with E-state index >= 15 is 0 Å². The molecule has 0 saturated carbocycles. The second-order valence-corrected chi connectivity index (χ2v) is 5.15. The predicted octanol–water partition coefficient (Wildman–Crippen LogP) is 3.83. The number of rotatable bonds is 5. The molecule has 0 fully saturated rings. The molecule has 1 heterocycles. The Bertz CT molecular complexity index is 776. The molecule has 0 amide bonds. The van der Waals surface area contributed by atoms with Crippen molar-refractivity contribution >= 4 is 16.6 Å². The van der Waals surface area contributed by atoms with Crippen molar-refractivity contribution in [1.29, 1.82) is 0 Å². The minimum Gasteiger partial charge on any atom is -0.497 e. The lowest BCUT2D eigenvalue weighted by Gasteiger charge is -2.06. The van der Waals surface area contributed by atoms with Crippen LogP contribution < -0.4 is 15.2 Å². The number of hydrogen-bond acceptors (Lipinski definition) is 3. The summed E-state index contributed by atoms with van der Waals surface area (Å²) in [5.41, 5.74) is 9.13. The van der Waals surface area contributed by atoms with Crippen LogP contribution in [0.3, 0.4) is 0 Å². The average molecular weight is 296 g/mol. The Morgan fingerprint density at radius 1 is 1.05 bits per heavy atom. The Balaban J connectivity index is 1.86. The number of nitrogens with two attached hydrogens (primary N) is 1. The summed E-state index contributed by atoms with van der Waals surface area (Å²) in [5, 5.41) is 1.15. The zero-order chi connectivity index (χ0) is 15.5. The van der Waals surface area contributed by atoms with E-state index in [1.807, 2.05) is 36.4 Å². The Morgan fingerprint density at radius 3 is 2.45 bits per heavy atom. The number of aromatic nitrogens is 1. The van der Waals surface area contributed by atoms with Gasteiger partial charge < -0.3 is 19.8 Å². The highest BCUT2D eigenvalue weighted by Gasteiger charge is 2.10. The van der Waals surface area contributed by atoms with Gasteiger partial charge in [0.15, 0.2) is 0 Å². The van der Waals surface area contributed by atoms with Crippen LogP contribution in [0.15, 0.2) is 48.7 Å². The third-order valence-electron chi connectivity index (χ3n) is 3.81. The highest BCUT2D eigenvalue weighted by molar-refractivity contribution is 5.93. The molecule has 114 valence electrons. The molecule has 3 aromatic rings. The van der Waals surface area contributed by atoms with Crippen LogP contribution >= 0.6 is 0 Å². The summed E-state index contributed by atoms with van der Waals surface area (Å²) in [7, 11) is 1.65. The number of methoxy groups -OCH3 is 1. The molecule has 0 spiro atoms. The van der Waals surface area contributed by atoms with Crippen molar-refractivity contribution < 1.29 is 9.47 Å². The molecule has 0 saturated heterocycles. The first-order chi connectivity index (χ1) is 10.7. The fourth-order valence-corrected chi connectivity index (χ4v) is 2.66. The first-order valence-corrected chi connectivity index (χ1v) is 7.36. The quantitative estimate of drug-likeness (QED) is 0.728. The maximum atomic E-state index is 6.11. The van der Waals surface area contributed by atoms with Crippen molar-refractivity contribution in [3.63, 3.8) is 0 Å². The van der Waals surface area contributed by atoms with Crippen LogP contribution in [0.2, 0.25) is 0 Å². The molecule has 0 aliphatic heterocycles. The van der Waals surface area contributed by atoms with Crippen molar-refractivity contribution in [2.24, 2.45) is 0 Å². The Morgan fingerprint density at radius 2 is 1.77 bits per heavy atom. The maximum Gasteiger partial charge on any atom is 0.120 e. The largest absolute Gasteiger partial charge is 0.497 e. The van der Waals surface area contributed by atoms with Crippen LogP contribution in [0, 0.1) is 0 Å². The molecule has 0 atom stereocenters. The maximum absolute atomic E-state index is 6.11. The molecule has 2 aromatic carbocycles. The molecule has 2 N–H and O–H groups in total. The number of aryl methyl sites for hydroxylation is 1. The van der Waals surface area contributed by atoms with Gasteiger partial charge in [-0.3, -0.25) is 0 Å². The summed E-state index contributed by atoms with van der Waals surface area (Å²) in [6, 6.07) is 13.6. The SMILES string of the molecule is CCn1cc(COc2ccc(OC)cc2)c2cccc(N)c21. The van der Waals surface area contributed by atoms with E-state index in [4.69, 9.17) is 15.2 Å². The van der Waals surface area contributed by atoms with Crippen molar-refractivity contribution in [1.82, 2.24) is 4.57 Å². The molecule has 3 rings (SSSR count). The van der Waals surface area contributed by atoms with Gasteiger partial charge in [0.2, 0.25) is 0 Å². The van der Waals surface area contributed by atoms with Gasteiger partial charge in [0.05, 0.1) is 18.3 Å². The van der Waals surface area contributed by atoms with Gasteiger partial charge in [0.25, 0.3) is 0 Å². The predicted molar refractivity (Wildman–Crippen MR) is 89.4 cm³/mol. The molecule has 0 unspecified atom stereocenters. The third-order valence-corrected chi connectivity index (χ3v) is 3.81. The van der Waals surface area contributed by atoms with E-state index in [1.54, 1.807) is 7.11 Å². The van der Waals surface area contributed by atoms with Crippen LogP contribution in [0.4, 0.5) is 5.69 Å². The first kappa shape index (κ1) is 14.3. The summed E-state index contributed by atoms with van der Waals surface area (Å²) in [4.78, 5) is 0. The Kier molecular flexibility index (Phi) is 3.92. The summed E-state index contributed by atoms with van der Waals surface area (Å²) in [5.74, 6) is 1.64. The highest BCUT2D eigenvalue weighted by Crippen LogP contribution is 2.27. The van der Waals surface area contributed by atoms with Gasteiger partial charge in [-0.25, -0.2) is 0 Å². The average Bonchev–Trinajstić information content (AvgIpc) is 2.93. The normalized spacial score (nSPS) is 10.8. The molecule has 0 aliphatic rings. The second kappa shape index (κ2) is 6.02. The molecule has 1 aromatic heterocycles. The van der Waals surface area contributed by atoms with Crippen molar-refractivity contribution in [3.8, 4) is 11.5 Å². The highest BCUT2D eigenvalue weighted by atomic mass is 16.5. The minimum absolute atomic E-state index is 0.513. The third kappa shape index (κ3) is 2.60. The van der Waals surface area contributed by atoms with Crippen LogP contribution in [0.5, 0.6) is 11.5 Å².